The molecule has 1 N–H and O–H groups in total. The number of amides is 1. The van der Waals surface area contributed by atoms with Crippen LogP contribution in [0.3, 0.4) is 0 Å². The van der Waals surface area contributed by atoms with Gasteiger partial charge in [0.25, 0.3) is 5.91 Å². The average Bonchev–Trinajstić information content (AvgIpc) is 3.32. The first-order chi connectivity index (χ1) is 16.9. The molecule has 4 rings (SSSR count). The molecule has 7 nitrogen and oxygen atoms in total. The van der Waals surface area contributed by atoms with Crippen LogP contribution in [-0.2, 0) is 9.53 Å². The number of esters is 1. The highest BCUT2D eigenvalue weighted by Gasteiger charge is 2.25. The molecular formula is C26H21F2N3O4. The molecule has 35 heavy (non-hydrogen) atoms. The summed E-state index contributed by atoms with van der Waals surface area (Å²) in [4.78, 5) is 25.6. The molecule has 0 fully saturated rings. The summed E-state index contributed by atoms with van der Waals surface area (Å²) < 4.78 is 39.8. The normalized spacial score (nSPS) is 11.5. The number of nitrogens with one attached hydrogen (secondary N) is 1. The molecule has 0 radical (unpaired) electrons. The second-order valence-corrected chi connectivity index (χ2v) is 7.53. The predicted octanol–water partition coefficient (Wildman–Crippen LogP) is 5.01. The summed E-state index contributed by atoms with van der Waals surface area (Å²) >= 11 is 0. The van der Waals surface area contributed by atoms with Gasteiger partial charge in [-0.05, 0) is 55.5 Å². The molecule has 0 aliphatic carbocycles. The number of ether oxygens (including phenoxy) is 2. The first-order valence-electron chi connectivity index (χ1n) is 10.6. The molecule has 4 aromatic rings. The van der Waals surface area contributed by atoms with Crippen molar-refractivity contribution in [3.8, 4) is 22.7 Å². The number of carbonyl (C=O) groups is 2. The van der Waals surface area contributed by atoms with Gasteiger partial charge in [0.2, 0.25) is 0 Å². The number of aromatic nitrogens is 2. The molecule has 1 amide bonds. The Hall–Kier alpha value is -4.53. The van der Waals surface area contributed by atoms with Crippen molar-refractivity contribution in [3.05, 3.63) is 96.2 Å². The van der Waals surface area contributed by atoms with Gasteiger partial charge in [-0.1, -0.05) is 24.3 Å². The van der Waals surface area contributed by atoms with Gasteiger partial charge in [-0.3, -0.25) is 4.79 Å². The smallest absolute Gasteiger partial charge is 0.342 e. The van der Waals surface area contributed by atoms with Gasteiger partial charge in [0, 0.05) is 11.8 Å². The minimum absolute atomic E-state index is 0.107. The standard InChI is InChI=1S/C26H21F2N3O4/c1-16(25(32)29-24-21(27)9-6-10-22(24)28)35-26(33)20-15-31(18-7-4-3-5-8-18)30-23(20)17-11-13-19(34-2)14-12-17/h3-16H,1-2H3,(H,29,32). The fourth-order valence-electron chi connectivity index (χ4n) is 3.32. The van der Waals surface area contributed by atoms with Crippen LogP contribution in [0.1, 0.15) is 17.3 Å². The maximum Gasteiger partial charge on any atom is 0.342 e. The highest BCUT2D eigenvalue weighted by molar-refractivity contribution is 6.00. The second-order valence-electron chi connectivity index (χ2n) is 7.53. The Labute approximate surface area is 199 Å². The van der Waals surface area contributed by atoms with Crippen LogP contribution in [0.25, 0.3) is 16.9 Å². The number of para-hydroxylation sites is 2. The molecule has 0 saturated heterocycles. The van der Waals surface area contributed by atoms with Gasteiger partial charge in [0.05, 0.1) is 12.8 Å². The van der Waals surface area contributed by atoms with Gasteiger partial charge < -0.3 is 14.8 Å². The highest BCUT2D eigenvalue weighted by atomic mass is 19.1. The van der Waals surface area contributed by atoms with Crippen LogP contribution >= 0.6 is 0 Å². The van der Waals surface area contributed by atoms with Gasteiger partial charge in [0.1, 0.15) is 34.3 Å². The fraction of sp³-hybridized carbons (Fsp3) is 0.115. The Morgan fingerprint density at radius 1 is 0.943 bits per heavy atom. The van der Waals surface area contributed by atoms with Gasteiger partial charge in [-0.15, -0.1) is 0 Å². The van der Waals surface area contributed by atoms with Crippen molar-refractivity contribution in [1.82, 2.24) is 9.78 Å². The van der Waals surface area contributed by atoms with E-state index in [0.717, 1.165) is 12.1 Å². The summed E-state index contributed by atoms with van der Waals surface area (Å²) in [5.74, 6) is -2.96. The maximum absolute atomic E-state index is 13.9. The van der Waals surface area contributed by atoms with Crippen LogP contribution in [0.4, 0.5) is 14.5 Å². The molecule has 9 heteroatoms. The topological polar surface area (TPSA) is 82.5 Å². The molecule has 3 aromatic carbocycles. The van der Waals surface area contributed by atoms with Crippen molar-refractivity contribution >= 4 is 17.6 Å². The zero-order valence-corrected chi connectivity index (χ0v) is 18.9. The number of benzene rings is 3. The lowest BCUT2D eigenvalue weighted by Gasteiger charge is -2.14. The number of nitrogens with zero attached hydrogens (tertiary/aromatic N) is 2. The first-order valence-corrected chi connectivity index (χ1v) is 10.6. The molecule has 0 spiro atoms. The number of anilines is 1. The molecule has 1 unspecified atom stereocenters. The average molecular weight is 477 g/mol. The number of rotatable bonds is 7. The van der Waals surface area contributed by atoms with Crippen molar-refractivity contribution in [3.63, 3.8) is 0 Å². The van der Waals surface area contributed by atoms with E-state index in [1.807, 2.05) is 30.3 Å². The van der Waals surface area contributed by atoms with Crippen LogP contribution in [0, 0.1) is 11.6 Å². The molecule has 0 aliphatic rings. The van der Waals surface area contributed by atoms with Gasteiger partial charge in [0.15, 0.2) is 6.10 Å². The first kappa shape index (κ1) is 23.6. The number of methoxy groups -OCH3 is 1. The molecule has 0 aliphatic heterocycles. The summed E-state index contributed by atoms with van der Waals surface area (Å²) in [7, 11) is 1.54. The number of hydrogen-bond donors (Lipinski definition) is 1. The molecule has 0 saturated carbocycles. The number of halogens is 2. The van der Waals surface area contributed by atoms with Gasteiger partial charge >= 0.3 is 5.97 Å². The summed E-state index contributed by atoms with van der Waals surface area (Å²) in [5, 5.41) is 6.67. The second kappa shape index (κ2) is 10.2. The van der Waals surface area contributed by atoms with Gasteiger partial charge in [-0.25, -0.2) is 18.3 Å². The van der Waals surface area contributed by atoms with E-state index < -0.39 is 35.3 Å². The van der Waals surface area contributed by atoms with Crippen LogP contribution in [0.5, 0.6) is 5.75 Å². The Kier molecular flexibility index (Phi) is 6.86. The van der Waals surface area contributed by atoms with Crippen molar-refractivity contribution in [1.29, 1.82) is 0 Å². The Bertz CT molecular complexity index is 1330. The molecule has 0 bridgehead atoms. The molecule has 1 atom stereocenters. The van der Waals surface area contributed by atoms with E-state index >= 15 is 0 Å². The third kappa shape index (κ3) is 5.19. The van der Waals surface area contributed by atoms with E-state index in [4.69, 9.17) is 9.47 Å². The van der Waals surface area contributed by atoms with Gasteiger partial charge in [-0.2, -0.15) is 5.10 Å². The fourth-order valence-corrected chi connectivity index (χ4v) is 3.32. The monoisotopic (exact) mass is 477 g/mol. The number of hydrogen-bond acceptors (Lipinski definition) is 5. The van der Waals surface area contributed by atoms with E-state index in [9.17, 15) is 18.4 Å². The zero-order valence-electron chi connectivity index (χ0n) is 18.9. The van der Waals surface area contributed by atoms with E-state index in [1.54, 1.807) is 31.4 Å². The molecule has 178 valence electrons. The Morgan fingerprint density at radius 2 is 1.60 bits per heavy atom. The van der Waals surface area contributed by atoms with Crippen LogP contribution < -0.4 is 10.1 Å². The SMILES string of the molecule is COc1ccc(-c2nn(-c3ccccc3)cc2C(=O)OC(C)C(=O)Nc2c(F)cccc2F)cc1. The lowest BCUT2D eigenvalue weighted by atomic mass is 10.1. The summed E-state index contributed by atoms with van der Waals surface area (Å²) in [6.45, 7) is 1.31. The highest BCUT2D eigenvalue weighted by Crippen LogP contribution is 2.27. The number of carbonyl (C=O) groups excluding carboxylic acids is 2. The van der Waals surface area contributed by atoms with E-state index in [1.165, 1.54) is 23.9 Å². The molecule has 1 aromatic heterocycles. The largest absolute Gasteiger partial charge is 0.497 e. The predicted molar refractivity (Wildman–Crippen MR) is 125 cm³/mol. The summed E-state index contributed by atoms with van der Waals surface area (Å²) in [5.41, 5.74) is 1.15. The zero-order chi connectivity index (χ0) is 24.9. The van der Waals surface area contributed by atoms with Crippen LogP contribution in [-0.4, -0.2) is 34.9 Å². The Balaban J connectivity index is 1.61. The van der Waals surface area contributed by atoms with E-state index in [2.05, 4.69) is 10.4 Å². The molecular weight excluding hydrogens is 456 g/mol. The van der Waals surface area contributed by atoms with Crippen molar-refractivity contribution in [2.24, 2.45) is 0 Å². The lowest BCUT2D eigenvalue weighted by Crippen LogP contribution is -2.30. The van der Waals surface area contributed by atoms with E-state index in [0.29, 0.717) is 22.7 Å². The van der Waals surface area contributed by atoms with Crippen molar-refractivity contribution in [2.45, 2.75) is 13.0 Å². The third-order valence-electron chi connectivity index (χ3n) is 5.18. The van der Waals surface area contributed by atoms with Crippen molar-refractivity contribution < 1.29 is 27.8 Å². The summed E-state index contributed by atoms with van der Waals surface area (Å²) in [6.07, 6.45) is 0.156. The minimum Gasteiger partial charge on any atom is -0.497 e. The summed E-state index contributed by atoms with van der Waals surface area (Å²) in [6, 6.07) is 19.3. The maximum atomic E-state index is 13.9. The third-order valence-corrected chi connectivity index (χ3v) is 5.18. The van der Waals surface area contributed by atoms with Crippen molar-refractivity contribution in [2.75, 3.05) is 12.4 Å². The minimum atomic E-state index is -1.34. The Morgan fingerprint density at radius 3 is 2.23 bits per heavy atom. The lowest BCUT2D eigenvalue weighted by molar-refractivity contribution is -0.123. The quantitative estimate of drug-likeness (QED) is 0.379. The molecule has 1 heterocycles. The van der Waals surface area contributed by atoms with E-state index in [-0.39, 0.29) is 5.56 Å². The van der Waals surface area contributed by atoms with Crippen LogP contribution in [0.15, 0.2) is 79.0 Å². The van der Waals surface area contributed by atoms with Crippen LogP contribution in [0.2, 0.25) is 0 Å².